The Morgan fingerprint density at radius 3 is 2.44 bits per heavy atom. The molecule has 7 heteroatoms. The van der Waals surface area contributed by atoms with Crippen molar-refractivity contribution in [2.75, 3.05) is 16.8 Å². The average Bonchev–Trinajstić information content (AvgIpc) is 2.93. The molecule has 0 radical (unpaired) electrons. The van der Waals surface area contributed by atoms with E-state index in [9.17, 15) is 9.59 Å². The number of para-hydroxylation sites is 1. The van der Waals surface area contributed by atoms with Crippen LogP contribution in [0, 0.1) is 12.8 Å². The van der Waals surface area contributed by atoms with Gasteiger partial charge in [-0.3, -0.25) is 9.59 Å². The first-order valence-electron chi connectivity index (χ1n) is 7.68. The number of anilines is 2. The third-order valence-electron chi connectivity index (χ3n) is 4.16. The average molecular weight is 531 g/mol. The number of nitrogens with zero attached hydrogens (tertiary/aromatic N) is 1. The maximum Gasteiger partial charge on any atom is 0.229 e. The van der Waals surface area contributed by atoms with E-state index in [1.165, 1.54) is 0 Å². The molecule has 1 unspecified atom stereocenters. The van der Waals surface area contributed by atoms with Crippen LogP contribution in [0.5, 0.6) is 0 Å². The van der Waals surface area contributed by atoms with Gasteiger partial charge < -0.3 is 10.2 Å². The predicted molar refractivity (Wildman–Crippen MR) is 110 cm³/mol. The number of hydrogen-bond donors (Lipinski definition) is 1. The molecule has 1 atom stereocenters. The highest BCUT2D eigenvalue weighted by Crippen LogP contribution is 2.35. The van der Waals surface area contributed by atoms with Crippen LogP contribution in [0.25, 0.3) is 0 Å². The summed E-state index contributed by atoms with van der Waals surface area (Å²) in [5.41, 5.74) is 2.55. The number of carbonyl (C=O) groups excluding carboxylic acids is 2. The van der Waals surface area contributed by atoms with Gasteiger partial charge in [0.2, 0.25) is 11.8 Å². The molecule has 25 heavy (non-hydrogen) atoms. The van der Waals surface area contributed by atoms with Crippen molar-refractivity contribution < 1.29 is 9.59 Å². The molecule has 1 aliphatic heterocycles. The van der Waals surface area contributed by atoms with Crippen molar-refractivity contribution in [2.45, 2.75) is 13.3 Å². The van der Waals surface area contributed by atoms with Gasteiger partial charge in [0, 0.05) is 32.1 Å². The molecule has 0 aliphatic carbocycles. The summed E-state index contributed by atoms with van der Waals surface area (Å²) in [5, 5.41) is 2.92. The fourth-order valence-electron chi connectivity index (χ4n) is 2.87. The molecule has 1 saturated heterocycles. The van der Waals surface area contributed by atoms with E-state index in [-0.39, 0.29) is 24.2 Å². The molecule has 1 N–H and O–H groups in total. The molecule has 130 valence electrons. The molecule has 0 spiro atoms. The smallest absolute Gasteiger partial charge is 0.229 e. The van der Waals surface area contributed by atoms with Crippen LogP contribution in [0.15, 0.2) is 49.8 Å². The second kappa shape index (κ2) is 7.60. The van der Waals surface area contributed by atoms with E-state index in [1.54, 1.807) is 4.90 Å². The van der Waals surface area contributed by atoms with Crippen LogP contribution >= 0.6 is 47.8 Å². The van der Waals surface area contributed by atoms with Crippen LogP contribution < -0.4 is 10.2 Å². The SMILES string of the molecule is Cc1ccccc1N1CC(C(=O)Nc2c(Br)cc(Br)cc2Br)CC1=O. The molecule has 2 aromatic carbocycles. The highest BCUT2D eigenvalue weighted by molar-refractivity contribution is 9.11. The number of halogens is 3. The summed E-state index contributed by atoms with van der Waals surface area (Å²) in [6.45, 7) is 2.35. The van der Waals surface area contributed by atoms with Crippen LogP contribution in [0.2, 0.25) is 0 Å². The summed E-state index contributed by atoms with van der Waals surface area (Å²) >= 11 is 10.3. The molecule has 1 aliphatic rings. The lowest BCUT2D eigenvalue weighted by Crippen LogP contribution is -2.28. The van der Waals surface area contributed by atoms with Crippen molar-refractivity contribution in [2.24, 2.45) is 5.92 Å². The lowest BCUT2D eigenvalue weighted by Gasteiger charge is -2.19. The first-order chi connectivity index (χ1) is 11.9. The molecule has 2 amide bonds. The molecule has 0 saturated carbocycles. The molecule has 2 aromatic rings. The van der Waals surface area contributed by atoms with Gasteiger partial charge >= 0.3 is 0 Å². The maximum absolute atomic E-state index is 12.7. The number of carbonyl (C=O) groups is 2. The number of benzene rings is 2. The van der Waals surface area contributed by atoms with Gasteiger partial charge in [0.05, 0.1) is 11.6 Å². The van der Waals surface area contributed by atoms with Crippen molar-refractivity contribution in [3.8, 4) is 0 Å². The van der Waals surface area contributed by atoms with Crippen molar-refractivity contribution in [1.29, 1.82) is 0 Å². The van der Waals surface area contributed by atoms with Gasteiger partial charge in [0.15, 0.2) is 0 Å². The topological polar surface area (TPSA) is 49.4 Å². The monoisotopic (exact) mass is 528 g/mol. The van der Waals surface area contributed by atoms with E-state index in [4.69, 9.17) is 0 Å². The highest BCUT2D eigenvalue weighted by atomic mass is 79.9. The largest absolute Gasteiger partial charge is 0.324 e. The number of hydrogen-bond acceptors (Lipinski definition) is 2. The second-order valence-electron chi connectivity index (χ2n) is 5.93. The summed E-state index contributed by atoms with van der Waals surface area (Å²) in [6, 6.07) is 11.4. The summed E-state index contributed by atoms with van der Waals surface area (Å²) < 4.78 is 2.43. The Morgan fingerprint density at radius 1 is 1.16 bits per heavy atom. The van der Waals surface area contributed by atoms with E-state index in [0.29, 0.717) is 12.2 Å². The quantitative estimate of drug-likeness (QED) is 0.587. The first-order valence-corrected chi connectivity index (χ1v) is 10.1. The van der Waals surface area contributed by atoms with Gasteiger partial charge in [-0.15, -0.1) is 0 Å². The summed E-state index contributed by atoms with van der Waals surface area (Å²) in [6.07, 6.45) is 0.214. The Bertz CT molecular complexity index is 831. The number of amides is 2. The van der Waals surface area contributed by atoms with E-state index in [1.807, 2.05) is 43.3 Å². The predicted octanol–water partition coefficient (Wildman–Crippen LogP) is 5.27. The second-order valence-corrected chi connectivity index (χ2v) is 8.55. The van der Waals surface area contributed by atoms with Crippen molar-refractivity contribution in [3.63, 3.8) is 0 Å². The minimum absolute atomic E-state index is 0.0246. The zero-order chi connectivity index (χ0) is 18.1. The molecule has 1 heterocycles. The molecular formula is C18H15Br3N2O2. The van der Waals surface area contributed by atoms with Crippen LogP contribution in [0.4, 0.5) is 11.4 Å². The Labute approximate surface area is 171 Å². The molecule has 0 aromatic heterocycles. The fourth-order valence-corrected chi connectivity index (χ4v) is 5.33. The Hall–Kier alpha value is -1.18. The standard InChI is InChI=1S/C18H15Br3N2O2/c1-10-4-2-3-5-15(10)23-9-11(6-16(23)24)18(25)22-17-13(20)7-12(19)8-14(17)21/h2-5,7-8,11H,6,9H2,1H3,(H,22,25). The van der Waals surface area contributed by atoms with Crippen LogP contribution in [-0.4, -0.2) is 18.4 Å². The van der Waals surface area contributed by atoms with Gasteiger partial charge in [-0.05, 0) is 62.5 Å². The maximum atomic E-state index is 12.7. The third-order valence-corrected chi connectivity index (χ3v) is 5.87. The van der Waals surface area contributed by atoms with Gasteiger partial charge in [0.25, 0.3) is 0 Å². The lowest BCUT2D eigenvalue weighted by atomic mass is 10.1. The number of rotatable bonds is 3. The van der Waals surface area contributed by atoms with E-state index >= 15 is 0 Å². The zero-order valence-electron chi connectivity index (χ0n) is 13.4. The van der Waals surface area contributed by atoms with Crippen molar-refractivity contribution in [3.05, 3.63) is 55.4 Å². The zero-order valence-corrected chi connectivity index (χ0v) is 18.1. The normalized spacial score (nSPS) is 17.0. The van der Waals surface area contributed by atoms with Gasteiger partial charge in [-0.25, -0.2) is 0 Å². The number of nitrogens with one attached hydrogen (secondary N) is 1. The first kappa shape index (κ1) is 18.6. The van der Waals surface area contributed by atoms with Gasteiger partial charge in [-0.2, -0.15) is 0 Å². The minimum atomic E-state index is -0.380. The molecular weight excluding hydrogens is 516 g/mol. The Morgan fingerprint density at radius 2 is 1.80 bits per heavy atom. The van der Waals surface area contributed by atoms with Gasteiger partial charge in [0.1, 0.15) is 0 Å². The molecule has 4 nitrogen and oxygen atoms in total. The molecule has 0 bridgehead atoms. The lowest BCUT2D eigenvalue weighted by molar-refractivity contribution is -0.122. The van der Waals surface area contributed by atoms with Gasteiger partial charge in [-0.1, -0.05) is 34.1 Å². The van der Waals surface area contributed by atoms with Crippen molar-refractivity contribution in [1.82, 2.24) is 0 Å². The Kier molecular flexibility index (Phi) is 5.65. The Balaban J connectivity index is 1.77. The van der Waals surface area contributed by atoms with E-state index in [2.05, 4.69) is 53.1 Å². The third kappa shape index (κ3) is 3.99. The highest BCUT2D eigenvalue weighted by Gasteiger charge is 2.36. The fraction of sp³-hybridized carbons (Fsp3) is 0.222. The molecule has 1 fully saturated rings. The van der Waals surface area contributed by atoms with Crippen LogP contribution in [-0.2, 0) is 9.59 Å². The minimum Gasteiger partial charge on any atom is -0.324 e. The van der Waals surface area contributed by atoms with E-state index < -0.39 is 0 Å². The summed E-state index contributed by atoms with van der Waals surface area (Å²) in [4.78, 5) is 26.8. The van der Waals surface area contributed by atoms with Crippen LogP contribution in [0.1, 0.15) is 12.0 Å². The summed E-state index contributed by atoms with van der Waals surface area (Å²) in [5.74, 6) is -0.564. The summed E-state index contributed by atoms with van der Waals surface area (Å²) in [7, 11) is 0. The number of aryl methyl sites for hydroxylation is 1. The van der Waals surface area contributed by atoms with E-state index in [0.717, 1.165) is 24.7 Å². The molecule has 3 rings (SSSR count). The van der Waals surface area contributed by atoms with Crippen LogP contribution in [0.3, 0.4) is 0 Å². The van der Waals surface area contributed by atoms with Crippen molar-refractivity contribution >= 4 is 71.0 Å².